The largest absolute Gasteiger partial charge is 0.336 e. The van der Waals surface area contributed by atoms with Crippen LogP contribution in [0.5, 0.6) is 0 Å². The van der Waals surface area contributed by atoms with Crippen LogP contribution in [-0.2, 0) is 17.6 Å². The number of hydrogen-bond donors (Lipinski definition) is 2. The van der Waals surface area contributed by atoms with Crippen LogP contribution >= 0.6 is 11.8 Å². The summed E-state index contributed by atoms with van der Waals surface area (Å²) in [7, 11) is 0. The molecule has 3 aromatic rings. The second-order valence-electron chi connectivity index (χ2n) is 6.18. The first kappa shape index (κ1) is 20.3. The summed E-state index contributed by atoms with van der Waals surface area (Å²) in [6.45, 7) is 0. The lowest BCUT2D eigenvalue weighted by Crippen LogP contribution is -2.16. The number of benzene rings is 2. The van der Waals surface area contributed by atoms with Crippen molar-refractivity contribution in [2.24, 2.45) is 0 Å². The summed E-state index contributed by atoms with van der Waals surface area (Å²) in [5.41, 5.74) is 1.23. The van der Waals surface area contributed by atoms with Gasteiger partial charge in [0.1, 0.15) is 5.69 Å². The number of carbonyl (C=O) groups excluding carboxylic acids is 1. The van der Waals surface area contributed by atoms with Crippen LogP contribution in [0.4, 0.5) is 11.4 Å². The van der Waals surface area contributed by atoms with Crippen LogP contribution in [0.2, 0.25) is 0 Å². The van der Waals surface area contributed by atoms with Crippen molar-refractivity contribution in [1.29, 1.82) is 0 Å². The molecule has 150 valence electrons. The molecule has 1 amide bonds. The molecular weight excluding hydrogens is 392 g/mol. The summed E-state index contributed by atoms with van der Waals surface area (Å²) < 4.78 is 1.44. The van der Waals surface area contributed by atoms with E-state index in [1.165, 1.54) is 34.1 Å². The maximum atomic E-state index is 12.1. The highest BCUT2D eigenvalue weighted by atomic mass is 32.2. The lowest BCUT2D eigenvalue weighted by molar-refractivity contribution is -0.383. The number of carbonyl (C=O) groups is 1. The first-order valence-corrected chi connectivity index (χ1v) is 9.92. The highest BCUT2D eigenvalue weighted by molar-refractivity contribution is 7.99. The standard InChI is InChI=1S/C19H20N6O3S/c20-24-17(11-10-14-6-2-1-3-7-14)22-23-19(24)29-13-12-18(26)21-15-8-4-5-9-16(15)25(27)28/h1-9H,10-13,20H2,(H,21,26). The number of amides is 1. The fraction of sp³-hybridized carbons (Fsp3) is 0.211. The molecule has 29 heavy (non-hydrogen) atoms. The molecule has 3 rings (SSSR count). The SMILES string of the molecule is Nn1c(CCc2ccccc2)nnc1SCCC(=O)Nc1ccccc1[N+](=O)[O-]. The van der Waals surface area contributed by atoms with Crippen LogP contribution in [0, 0.1) is 10.1 Å². The minimum Gasteiger partial charge on any atom is -0.336 e. The highest BCUT2D eigenvalue weighted by Crippen LogP contribution is 2.23. The summed E-state index contributed by atoms with van der Waals surface area (Å²) >= 11 is 1.31. The second-order valence-corrected chi connectivity index (χ2v) is 7.24. The number of nitrogen functional groups attached to an aromatic ring is 1. The third kappa shape index (κ3) is 5.55. The van der Waals surface area contributed by atoms with Crippen LogP contribution in [-0.4, -0.2) is 31.5 Å². The molecule has 3 N–H and O–H groups in total. The average Bonchev–Trinajstić information content (AvgIpc) is 3.07. The zero-order valence-corrected chi connectivity index (χ0v) is 16.3. The first-order chi connectivity index (χ1) is 14.0. The number of hydrogen-bond acceptors (Lipinski definition) is 7. The zero-order valence-electron chi connectivity index (χ0n) is 15.5. The lowest BCUT2D eigenvalue weighted by atomic mass is 10.1. The number of thioether (sulfide) groups is 1. The van der Waals surface area contributed by atoms with E-state index in [-0.39, 0.29) is 23.7 Å². The van der Waals surface area contributed by atoms with Gasteiger partial charge in [-0.15, -0.1) is 10.2 Å². The molecule has 10 heteroatoms. The third-order valence-corrected chi connectivity index (χ3v) is 5.10. The van der Waals surface area contributed by atoms with Gasteiger partial charge in [0.25, 0.3) is 5.69 Å². The fourth-order valence-corrected chi connectivity index (χ4v) is 3.48. The normalized spacial score (nSPS) is 10.6. The molecule has 9 nitrogen and oxygen atoms in total. The van der Waals surface area contributed by atoms with Crippen molar-refractivity contribution < 1.29 is 9.72 Å². The highest BCUT2D eigenvalue weighted by Gasteiger charge is 2.15. The van der Waals surface area contributed by atoms with E-state index in [0.29, 0.717) is 23.2 Å². The topological polar surface area (TPSA) is 129 Å². The van der Waals surface area contributed by atoms with E-state index in [0.717, 1.165) is 6.42 Å². The molecule has 0 aliphatic rings. The summed E-state index contributed by atoms with van der Waals surface area (Å²) in [4.78, 5) is 22.6. The van der Waals surface area contributed by atoms with Crippen molar-refractivity contribution in [3.8, 4) is 0 Å². The summed E-state index contributed by atoms with van der Waals surface area (Å²) in [5.74, 6) is 6.82. The molecule has 0 saturated heterocycles. The van der Waals surface area contributed by atoms with E-state index < -0.39 is 4.92 Å². The number of para-hydroxylation sites is 2. The predicted molar refractivity (Wildman–Crippen MR) is 111 cm³/mol. The molecule has 1 aromatic heterocycles. The Labute approximate surface area is 171 Å². The van der Waals surface area contributed by atoms with E-state index in [1.54, 1.807) is 12.1 Å². The van der Waals surface area contributed by atoms with Gasteiger partial charge in [0, 0.05) is 24.7 Å². The lowest BCUT2D eigenvalue weighted by Gasteiger charge is -2.06. The molecule has 0 spiro atoms. The Balaban J connectivity index is 1.49. The molecule has 0 atom stereocenters. The minimum atomic E-state index is -0.530. The van der Waals surface area contributed by atoms with Gasteiger partial charge in [-0.1, -0.05) is 54.2 Å². The zero-order chi connectivity index (χ0) is 20.6. The number of nitrogens with zero attached hydrogens (tertiary/aromatic N) is 4. The molecule has 2 aromatic carbocycles. The van der Waals surface area contributed by atoms with Gasteiger partial charge in [-0.05, 0) is 18.1 Å². The molecule has 0 saturated carbocycles. The Morgan fingerprint density at radius 2 is 1.83 bits per heavy atom. The van der Waals surface area contributed by atoms with E-state index in [4.69, 9.17) is 5.84 Å². The maximum Gasteiger partial charge on any atom is 0.292 e. The van der Waals surface area contributed by atoms with E-state index in [9.17, 15) is 14.9 Å². The second kappa shape index (κ2) is 9.69. The maximum absolute atomic E-state index is 12.1. The Bertz CT molecular complexity index is 993. The first-order valence-electron chi connectivity index (χ1n) is 8.94. The van der Waals surface area contributed by atoms with Crippen LogP contribution < -0.4 is 11.2 Å². The van der Waals surface area contributed by atoms with Gasteiger partial charge in [0.05, 0.1) is 4.92 Å². The third-order valence-electron chi connectivity index (χ3n) is 4.15. The Morgan fingerprint density at radius 1 is 1.10 bits per heavy atom. The van der Waals surface area contributed by atoms with E-state index in [2.05, 4.69) is 15.5 Å². The number of aromatic nitrogens is 3. The summed E-state index contributed by atoms with van der Waals surface area (Å²) in [6, 6.07) is 16.0. The van der Waals surface area contributed by atoms with Gasteiger partial charge in [-0.25, -0.2) is 4.68 Å². The number of rotatable bonds is 9. The molecule has 0 bridgehead atoms. The quantitative estimate of drug-likeness (QED) is 0.239. The van der Waals surface area contributed by atoms with Gasteiger partial charge in [0.15, 0.2) is 5.82 Å². The summed E-state index contributed by atoms with van der Waals surface area (Å²) in [6.07, 6.45) is 1.62. The van der Waals surface area contributed by atoms with Crippen molar-refractivity contribution >= 4 is 29.0 Å². The van der Waals surface area contributed by atoms with Crippen molar-refractivity contribution in [3.05, 3.63) is 76.1 Å². The van der Waals surface area contributed by atoms with Gasteiger partial charge in [0.2, 0.25) is 11.1 Å². The van der Waals surface area contributed by atoms with Crippen LogP contribution in [0.3, 0.4) is 0 Å². The number of nitro benzene ring substituents is 1. The van der Waals surface area contributed by atoms with Crippen molar-refractivity contribution in [2.75, 3.05) is 16.9 Å². The minimum absolute atomic E-state index is 0.140. The van der Waals surface area contributed by atoms with Gasteiger partial charge >= 0.3 is 0 Å². The number of nitro groups is 1. The molecular formula is C19H20N6O3S. The van der Waals surface area contributed by atoms with Crippen LogP contribution in [0.1, 0.15) is 17.8 Å². The number of aryl methyl sites for hydroxylation is 2. The smallest absolute Gasteiger partial charge is 0.292 e. The van der Waals surface area contributed by atoms with E-state index >= 15 is 0 Å². The van der Waals surface area contributed by atoms with Gasteiger partial charge in [-0.3, -0.25) is 14.9 Å². The molecule has 0 radical (unpaired) electrons. The van der Waals surface area contributed by atoms with Crippen molar-refractivity contribution in [1.82, 2.24) is 14.9 Å². The number of nitrogens with one attached hydrogen (secondary N) is 1. The van der Waals surface area contributed by atoms with Crippen molar-refractivity contribution in [2.45, 2.75) is 24.4 Å². The molecule has 0 unspecified atom stereocenters. The Hall–Kier alpha value is -3.40. The summed E-state index contributed by atoms with van der Waals surface area (Å²) in [5, 5.41) is 22.3. The Kier molecular flexibility index (Phi) is 6.80. The van der Waals surface area contributed by atoms with Gasteiger partial charge in [-0.2, -0.15) is 0 Å². The molecule has 0 aliphatic carbocycles. The Morgan fingerprint density at radius 3 is 2.59 bits per heavy atom. The van der Waals surface area contributed by atoms with Crippen LogP contribution in [0.15, 0.2) is 59.8 Å². The number of anilines is 1. The molecule has 0 aliphatic heterocycles. The van der Waals surface area contributed by atoms with Crippen molar-refractivity contribution in [3.63, 3.8) is 0 Å². The fourth-order valence-electron chi connectivity index (χ4n) is 2.66. The molecule has 1 heterocycles. The van der Waals surface area contributed by atoms with Gasteiger partial charge < -0.3 is 11.2 Å². The molecule has 0 fully saturated rings. The number of nitrogens with two attached hydrogens (primary N) is 1. The predicted octanol–water partition coefficient (Wildman–Crippen LogP) is 2.81. The monoisotopic (exact) mass is 412 g/mol. The van der Waals surface area contributed by atoms with Crippen LogP contribution in [0.25, 0.3) is 0 Å². The average molecular weight is 412 g/mol. The van der Waals surface area contributed by atoms with E-state index in [1.807, 2.05) is 30.3 Å².